The molecule has 0 bridgehead atoms. The van der Waals surface area contributed by atoms with Gasteiger partial charge >= 0.3 is 5.97 Å². The van der Waals surface area contributed by atoms with Gasteiger partial charge in [-0.05, 0) is 18.6 Å². The lowest BCUT2D eigenvalue weighted by atomic mass is 10.1. The molecule has 1 atom stereocenters. The van der Waals surface area contributed by atoms with E-state index in [4.69, 9.17) is 5.11 Å². The highest BCUT2D eigenvalue weighted by Crippen LogP contribution is 2.22. The van der Waals surface area contributed by atoms with Crippen LogP contribution in [0.25, 0.3) is 11.0 Å². The lowest BCUT2D eigenvalue weighted by Crippen LogP contribution is -2.09. The van der Waals surface area contributed by atoms with Crippen LogP contribution in [0.3, 0.4) is 0 Å². The maximum atomic E-state index is 10.9. The predicted molar refractivity (Wildman–Crippen MR) is 74.7 cm³/mol. The number of nitrogens with zero attached hydrogens (tertiary/aromatic N) is 3. The van der Waals surface area contributed by atoms with Gasteiger partial charge in [0.2, 0.25) is 0 Å². The lowest BCUT2D eigenvalue weighted by molar-refractivity contribution is 0.0696. The molecule has 0 amide bonds. The van der Waals surface area contributed by atoms with Crippen LogP contribution in [0, 0.1) is 0 Å². The van der Waals surface area contributed by atoms with Crippen LogP contribution in [0.2, 0.25) is 0 Å². The third kappa shape index (κ3) is 2.03. The Morgan fingerprint density at radius 3 is 2.70 bits per heavy atom. The zero-order valence-corrected chi connectivity index (χ0v) is 10.9. The fourth-order valence-electron chi connectivity index (χ4n) is 2.21. The molecule has 2 heterocycles. The summed E-state index contributed by atoms with van der Waals surface area (Å²) in [5.74, 6) is -0.983. The molecule has 5 nitrogen and oxygen atoms in total. The molecular weight excluding hydrogens is 254 g/mol. The highest BCUT2D eigenvalue weighted by Gasteiger charge is 2.14. The Morgan fingerprint density at radius 1 is 1.25 bits per heavy atom. The summed E-state index contributed by atoms with van der Waals surface area (Å²) in [6, 6.07) is 11.6. The molecule has 0 aliphatic rings. The van der Waals surface area contributed by atoms with Crippen LogP contribution in [-0.2, 0) is 0 Å². The molecule has 0 radical (unpaired) electrons. The van der Waals surface area contributed by atoms with Gasteiger partial charge in [0, 0.05) is 11.6 Å². The number of rotatable bonds is 3. The SMILES string of the molecule is C[C@H](c1ccccc1)n1ncc2cc(C(=O)O)cnc21. The molecule has 0 aliphatic heterocycles. The summed E-state index contributed by atoms with van der Waals surface area (Å²) in [5.41, 5.74) is 1.98. The number of aromatic carboxylic acids is 1. The van der Waals surface area contributed by atoms with Crippen molar-refractivity contribution in [3.05, 3.63) is 59.9 Å². The maximum Gasteiger partial charge on any atom is 0.337 e. The van der Waals surface area contributed by atoms with Crippen molar-refractivity contribution in [3.8, 4) is 0 Å². The summed E-state index contributed by atoms with van der Waals surface area (Å²) in [7, 11) is 0. The molecule has 100 valence electrons. The normalized spacial score (nSPS) is 12.4. The summed E-state index contributed by atoms with van der Waals surface area (Å²) in [6.07, 6.45) is 3.01. The number of carbonyl (C=O) groups is 1. The Labute approximate surface area is 115 Å². The Balaban J connectivity index is 2.07. The van der Waals surface area contributed by atoms with Gasteiger partial charge in [0.15, 0.2) is 5.65 Å². The van der Waals surface area contributed by atoms with E-state index in [9.17, 15) is 4.79 Å². The van der Waals surface area contributed by atoms with E-state index in [1.165, 1.54) is 6.20 Å². The number of carboxylic acid groups (broad SMARTS) is 1. The second kappa shape index (κ2) is 4.77. The number of hydrogen-bond donors (Lipinski definition) is 1. The third-order valence-electron chi connectivity index (χ3n) is 3.33. The van der Waals surface area contributed by atoms with Crippen LogP contribution in [0.4, 0.5) is 0 Å². The van der Waals surface area contributed by atoms with E-state index in [2.05, 4.69) is 10.1 Å². The quantitative estimate of drug-likeness (QED) is 0.792. The van der Waals surface area contributed by atoms with E-state index in [0.717, 1.165) is 10.9 Å². The maximum absolute atomic E-state index is 10.9. The minimum Gasteiger partial charge on any atom is -0.478 e. The van der Waals surface area contributed by atoms with Crippen LogP contribution in [0.5, 0.6) is 0 Å². The molecule has 0 fully saturated rings. The molecule has 5 heteroatoms. The predicted octanol–water partition coefficient (Wildman–Crippen LogP) is 2.74. The molecule has 3 aromatic rings. The Kier molecular flexibility index (Phi) is 2.95. The minimum atomic E-state index is -0.983. The van der Waals surface area contributed by atoms with Crippen molar-refractivity contribution in [1.82, 2.24) is 14.8 Å². The standard InChI is InChI=1S/C15H13N3O2/c1-10(11-5-3-2-4-6-11)18-14-12(9-17-18)7-13(8-16-14)15(19)20/h2-10H,1H3,(H,19,20)/t10-/m1/s1. The molecule has 0 saturated heterocycles. The fourth-order valence-corrected chi connectivity index (χ4v) is 2.21. The zero-order valence-electron chi connectivity index (χ0n) is 10.9. The Bertz CT molecular complexity index is 765. The van der Waals surface area contributed by atoms with Gasteiger partial charge in [0.25, 0.3) is 0 Å². The average molecular weight is 267 g/mol. The minimum absolute atomic E-state index is 0.0388. The van der Waals surface area contributed by atoms with Gasteiger partial charge < -0.3 is 5.11 Å². The summed E-state index contributed by atoms with van der Waals surface area (Å²) in [6.45, 7) is 2.04. The number of aromatic nitrogens is 3. The number of pyridine rings is 1. The first kappa shape index (κ1) is 12.3. The van der Waals surface area contributed by atoms with E-state index in [-0.39, 0.29) is 11.6 Å². The first-order valence-electron chi connectivity index (χ1n) is 6.28. The van der Waals surface area contributed by atoms with Crippen LogP contribution >= 0.6 is 0 Å². The summed E-state index contributed by atoms with van der Waals surface area (Å²) < 4.78 is 1.80. The van der Waals surface area contributed by atoms with Gasteiger partial charge in [-0.1, -0.05) is 30.3 Å². The molecule has 2 aromatic heterocycles. The monoisotopic (exact) mass is 267 g/mol. The molecule has 0 aliphatic carbocycles. The second-order valence-corrected chi connectivity index (χ2v) is 4.62. The Morgan fingerprint density at radius 2 is 2.00 bits per heavy atom. The molecule has 3 rings (SSSR count). The van der Waals surface area contributed by atoms with Gasteiger partial charge in [-0.2, -0.15) is 5.10 Å². The van der Waals surface area contributed by atoms with Gasteiger partial charge in [-0.25, -0.2) is 14.5 Å². The highest BCUT2D eigenvalue weighted by atomic mass is 16.4. The van der Waals surface area contributed by atoms with Crippen molar-refractivity contribution in [3.63, 3.8) is 0 Å². The van der Waals surface area contributed by atoms with Crippen LogP contribution in [0.1, 0.15) is 28.9 Å². The van der Waals surface area contributed by atoms with Crippen molar-refractivity contribution in [2.45, 2.75) is 13.0 Å². The van der Waals surface area contributed by atoms with Crippen molar-refractivity contribution >= 4 is 17.0 Å². The van der Waals surface area contributed by atoms with Gasteiger partial charge in [-0.3, -0.25) is 0 Å². The van der Waals surface area contributed by atoms with E-state index in [1.54, 1.807) is 16.9 Å². The lowest BCUT2D eigenvalue weighted by Gasteiger charge is -2.13. The van der Waals surface area contributed by atoms with Crippen LogP contribution < -0.4 is 0 Å². The van der Waals surface area contributed by atoms with Gasteiger partial charge in [-0.15, -0.1) is 0 Å². The highest BCUT2D eigenvalue weighted by molar-refractivity contribution is 5.91. The number of fused-ring (bicyclic) bond motifs is 1. The first-order chi connectivity index (χ1) is 9.66. The molecule has 0 unspecified atom stereocenters. The molecule has 1 N–H and O–H groups in total. The number of carboxylic acids is 1. The molecular formula is C15H13N3O2. The summed E-state index contributed by atoms with van der Waals surface area (Å²) in [5, 5.41) is 14.0. The number of hydrogen-bond acceptors (Lipinski definition) is 3. The topological polar surface area (TPSA) is 68.0 Å². The third-order valence-corrected chi connectivity index (χ3v) is 3.33. The number of benzene rings is 1. The molecule has 0 spiro atoms. The van der Waals surface area contributed by atoms with Crippen molar-refractivity contribution in [2.24, 2.45) is 0 Å². The molecule has 0 saturated carbocycles. The molecule has 1 aromatic carbocycles. The fraction of sp³-hybridized carbons (Fsp3) is 0.133. The van der Waals surface area contributed by atoms with E-state index < -0.39 is 5.97 Å². The molecule has 20 heavy (non-hydrogen) atoms. The summed E-state index contributed by atoms with van der Waals surface area (Å²) in [4.78, 5) is 15.2. The first-order valence-corrected chi connectivity index (χ1v) is 6.28. The van der Waals surface area contributed by atoms with Crippen molar-refractivity contribution < 1.29 is 9.90 Å². The Hall–Kier alpha value is -2.69. The smallest absolute Gasteiger partial charge is 0.337 e. The van der Waals surface area contributed by atoms with Crippen molar-refractivity contribution in [1.29, 1.82) is 0 Å². The van der Waals surface area contributed by atoms with E-state index in [1.807, 2.05) is 37.3 Å². The van der Waals surface area contributed by atoms with Crippen molar-refractivity contribution in [2.75, 3.05) is 0 Å². The van der Waals surface area contributed by atoms with Crippen LogP contribution in [0.15, 0.2) is 48.8 Å². The average Bonchev–Trinajstić information content (AvgIpc) is 2.90. The van der Waals surface area contributed by atoms with Gasteiger partial charge in [0.1, 0.15) is 0 Å². The van der Waals surface area contributed by atoms with E-state index >= 15 is 0 Å². The van der Waals surface area contributed by atoms with Crippen LogP contribution in [-0.4, -0.2) is 25.8 Å². The summed E-state index contributed by atoms with van der Waals surface area (Å²) >= 11 is 0. The van der Waals surface area contributed by atoms with E-state index in [0.29, 0.717) is 5.65 Å². The zero-order chi connectivity index (χ0) is 14.1. The van der Waals surface area contributed by atoms with Gasteiger partial charge in [0.05, 0.1) is 17.8 Å². The second-order valence-electron chi connectivity index (χ2n) is 4.62. The largest absolute Gasteiger partial charge is 0.478 e.